The summed E-state index contributed by atoms with van der Waals surface area (Å²) in [5, 5.41) is 9.33. The Kier molecular flexibility index (Phi) is 5.14. The second kappa shape index (κ2) is 6.39. The molecule has 0 radical (unpaired) electrons. The molecule has 0 aliphatic rings. The minimum Gasteiger partial charge on any atom is -0.374 e. The van der Waals surface area contributed by atoms with Gasteiger partial charge in [0.25, 0.3) is 5.56 Å². The van der Waals surface area contributed by atoms with Crippen molar-refractivity contribution in [2.75, 3.05) is 18.9 Å². The van der Waals surface area contributed by atoms with Crippen molar-refractivity contribution in [2.45, 2.75) is 19.9 Å². The lowest BCUT2D eigenvalue weighted by atomic mass is 10.4. The summed E-state index contributed by atoms with van der Waals surface area (Å²) in [5.74, 6) is -0.158. The molecule has 17 heavy (non-hydrogen) atoms. The van der Waals surface area contributed by atoms with Crippen molar-refractivity contribution in [1.29, 1.82) is 0 Å². The number of anilines is 1. The Balaban J connectivity index is 2.85. The van der Waals surface area contributed by atoms with Crippen LogP contribution in [-0.2, 0) is 11.3 Å². The Hall–Kier alpha value is -1.37. The third kappa shape index (κ3) is 3.55. The highest BCUT2D eigenvalue weighted by molar-refractivity contribution is 9.10. The van der Waals surface area contributed by atoms with Crippen molar-refractivity contribution < 1.29 is 4.79 Å². The van der Waals surface area contributed by atoms with Gasteiger partial charge in [-0.05, 0) is 22.4 Å². The standard InChI is InChI=1S/C10H15BrN4O2/c1-3-4-15-10(17)9(11)7(5-14-15)13-6-8(16)12-2/h5,13H,3-4,6H2,1-2H3,(H,12,16). The van der Waals surface area contributed by atoms with Crippen LogP contribution in [0.3, 0.4) is 0 Å². The van der Waals surface area contributed by atoms with Crippen molar-refractivity contribution in [3.8, 4) is 0 Å². The van der Waals surface area contributed by atoms with Gasteiger partial charge in [-0.15, -0.1) is 0 Å². The molecule has 0 aliphatic heterocycles. The maximum absolute atomic E-state index is 11.8. The van der Waals surface area contributed by atoms with Gasteiger partial charge in [-0.25, -0.2) is 4.68 Å². The molecule has 0 aliphatic carbocycles. The number of rotatable bonds is 5. The minimum atomic E-state index is -0.200. The normalized spacial score (nSPS) is 10.1. The molecular weight excluding hydrogens is 288 g/mol. The molecular formula is C10H15BrN4O2. The Bertz CT molecular complexity index is 458. The molecule has 1 aromatic rings. The summed E-state index contributed by atoms with van der Waals surface area (Å²) < 4.78 is 1.78. The van der Waals surface area contributed by atoms with Crippen LogP contribution in [0.4, 0.5) is 5.69 Å². The van der Waals surface area contributed by atoms with Crippen LogP contribution >= 0.6 is 15.9 Å². The van der Waals surface area contributed by atoms with Crippen molar-refractivity contribution >= 4 is 27.5 Å². The molecule has 0 atom stereocenters. The fourth-order valence-corrected chi connectivity index (χ4v) is 1.67. The van der Waals surface area contributed by atoms with Crippen LogP contribution in [0.15, 0.2) is 15.5 Å². The number of hydrogen-bond donors (Lipinski definition) is 2. The summed E-state index contributed by atoms with van der Waals surface area (Å²) in [6.07, 6.45) is 2.37. The van der Waals surface area contributed by atoms with Gasteiger partial charge in [-0.2, -0.15) is 5.10 Å². The van der Waals surface area contributed by atoms with Crippen LogP contribution in [0.25, 0.3) is 0 Å². The summed E-state index contributed by atoms with van der Waals surface area (Å²) in [6.45, 7) is 2.65. The number of halogens is 1. The Morgan fingerprint density at radius 3 is 2.88 bits per heavy atom. The number of carbonyl (C=O) groups excluding carboxylic acids is 1. The third-order valence-corrected chi connectivity index (χ3v) is 2.90. The van der Waals surface area contributed by atoms with E-state index in [0.29, 0.717) is 16.7 Å². The van der Waals surface area contributed by atoms with E-state index in [-0.39, 0.29) is 18.0 Å². The number of likely N-dealkylation sites (N-methyl/N-ethyl adjacent to an activating group) is 1. The molecule has 0 saturated heterocycles. The maximum atomic E-state index is 11.8. The first-order valence-electron chi connectivity index (χ1n) is 5.30. The lowest BCUT2D eigenvalue weighted by Gasteiger charge is -2.09. The summed E-state index contributed by atoms with van der Waals surface area (Å²) in [5.41, 5.74) is 0.319. The van der Waals surface area contributed by atoms with Gasteiger partial charge in [0.2, 0.25) is 5.91 Å². The zero-order chi connectivity index (χ0) is 12.8. The summed E-state index contributed by atoms with van der Waals surface area (Å²) in [6, 6.07) is 0. The zero-order valence-electron chi connectivity index (χ0n) is 9.79. The smallest absolute Gasteiger partial charge is 0.283 e. The van der Waals surface area contributed by atoms with Gasteiger partial charge < -0.3 is 10.6 Å². The Morgan fingerprint density at radius 1 is 1.59 bits per heavy atom. The summed E-state index contributed by atoms with van der Waals surface area (Å²) in [4.78, 5) is 22.9. The van der Waals surface area contributed by atoms with Gasteiger partial charge in [0.1, 0.15) is 4.47 Å². The maximum Gasteiger partial charge on any atom is 0.283 e. The topological polar surface area (TPSA) is 76.0 Å². The van der Waals surface area contributed by atoms with Crippen LogP contribution in [0.1, 0.15) is 13.3 Å². The highest BCUT2D eigenvalue weighted by Gasteiger charge is 2.08. The number of hydrogen-bond acceptors (Lipinski definition) is 4. The van der Waals surface area contributed by atoms with E-state index in [9.17, 15) is 9.59 Å². The molecule has 7 heteroatoms. The highest BCUT2D eigenvalue weighted by atomic mass is 79.9. The van der Waals surface area contributed by atoms with E-state index >= 15 is 0 Å². The number of aromatic nitrogens is 2. The first kappa shape index (κ1) is 13.7. The molecule has 94 valence electrons. The fraction of sp³-hybridized carbons (Fsp3) is 0.500. The van der Waals surface area contributed by atoms with Gasteiger partial charge in [-0.3, -0.25) is 9.59 Å². The average molecular weight is 303 g/mol. The lowest BCUT2D eigenvalue weighted by Crippen LogP contribution is -2.28. The zero-order valence-corrected chi connectivity index (χ0v) is 11.4. The van der Waals surface area contributed by atoms with E-state index in [4.69, 9.17) is 0 Å². The number of carbonyl (C=O) groups is 1. The summed E-state index contributed by atoms with van der Waals surface area (Å²) >= 11 is 3.21. The van der Waals surface area contributed by atoms with Crippen LogP contribution in [0, 0.1) is 0 Å². The molecule has 0 spiro atoms. The Morgan fingerprint density at radius 2 is 2.29 bits per heavy atom. The molecule has 1 aromatic heterocycles. The monoisotopic (exact) mass is 302 g/mol. The van der Waals surface area contributed by atoms with Gasteiger partial charge >= 0.3 is 0 Å². The van der Waals surface area contributed by atoms with E-state index in [2.05, 4.69) is 31.7 Å². The van der Waals surface area contributed by atoms with Gasteiger partial charge in [0, 0.05) is 13.6 Å². The first-order chi connectivity index (χ1) is 8.10. The van der Waals surface area contributed by atoms with E-state index in [1.165, 1.54) is 10.9 Å². The molecule has 0 bridgehead atoms. The molecule has 0 saturated carbocycles. The molecule has 6 nitrogen and oxygen atoms in total. The molecule has 0 fully saturated rings. The lowest BCUT2D eigenvalue weighted by molar-refractivity contribution is -0.118. The number of nitrogens with zero attached hydrogens (tertiary/aromatic N) is 2. The number of amides is 1. The van der Waals surface area contributed by atoms with Crippen LogP contribution in [0.5, 0.6) is 0 Å². The second-order valence-corrected chi connectivity index (χ2v) is 4.22. The van der Waals surface area contributed by atoms with Crippen molar-refractivity contribution in [3.05, 3.63) is 21.0 Å². The molecule has 2 N–H and O–H groups in total. The highest BCUT2D eigenvalue weighted by Crippen LogP contribution is 2.15. The van der Waals surface area contributed by atoms with Crippen molar-refractivity contribution in [1.82, 2.24) is 15.1 Å². The van der Waals surface area contributed by atoms with Crippen LogP contribution in [0.2, 0.25) is 0 Å². The van der Waals surface area contributed by atoms with Crippen molar-refractivity contribution in [3.63, 3.8) is 0 Å². The number of nitrogens with one attached hydrogen (secondary N) is 2. The fourth-order valence-electron chi connectivity index (χ4n) is 1.22. The van der Waals surface area contributed by atoms with Crippen LogP contribution < -0.4 is 16.2 Å². The molecule has 0 aromatic carbocycles. The third-order valence-electron chi connectivity index (χ3n) is 2.14. The molecule has 0 unspecified atom stereocenters. The van der Waals surface area contributed by atoms with E-state index in [1.54, 1.807) is 7.05 Å². The average Bonchev–Trinajstić information content (AvgIpc) is 2.34. The largest absolute Gasteiger partial charge is 0.374 e. The SMILES string of the molecule is CCCn1ncc(NCC(=O)NC)c(Br)c1=O. The van der Waals surface area contributed by atoms with Crippen LogP contribution in [-0.4, -0.2) is 29.3 Å². The Labute approximate surface area is 108 Å². The molecule has 1 amide bonds. The van der Waals surface area contributed by atoms with E-state index < -0.39 is 0 Å². The quantitative estimate of drug-likeness (QED) is 0.834. The van der Waals surface area contributed by atoms with Gasteiger partial charge in [-0.1, -0.05) is 6.92 Å². The predicted octanol–water partition coefficient (Wildman–Crippen LogP) is 0.574. The van der Waals surface area contributed by atoms with E-state index in [1.807, 2.05) is 6.92 Å². The molecule has 1 heterocycles. The number of aryl methyl sites for hydroxylation is 1. The van der Waals surface area contributed by atoms with E-state index in [0.717, 1.165) is 6.42 Å². The van der Waals surface area contributed by atoms with Gasteiger partial charge in [0.15, 0.2) is 0 Å². The minimum absolute atomic E-state index is 0.105. The van der Waals surface area contributed by atoms with Gasteiger partial charge in [0.05, 0.1) is 18.4 Å². The first-order valence-corrected chi connectivity index (χ1v) is 6.09. The second-order valence-electron chi connectivity index (χ2n) is 3.43. The summed E-state index contributed by atoms with van der Waals surface area (Å²) in [7, 11) is 1.55. The van der Waals surface area contributed by atoms with Crippen molar-refractivity contribution in [2.24, 2.45) is 0 Å². The molecule has 1 rings (SSSR count). The predicted molar refractivity (Wildman–Crippen MR) is 69.0 cm³/mol.